The molecule has 1 amide bonds. The molecular weight excluding hydrogens is 396 g/mol. The highest BCUT2D eigenvalue weighted by Crippen LogP contribution is 2.24. The van der Waals surface area contributed by atoms with Gasteiger partial charge in [-0.3, -0.25) is 9.10 Å². The molecule has 0 atom stereocenters. The Labute approximate surface area is 177 Å². The van der Waals surface area contributed by atoms with Gasteiger partial charge in [0.15, 0.2) is 0 Å². The number of nitrogens with zero attached hydrogens (tertiary/aromatic N) is 1. The fourth-order valence-electron chi connectivity index (χ4n) is 3.02. The monoisotopic (exact) mass is 420 g/mol. The Morgan fingerprint density at radius 3 is 2.30 bits per heavy atom. The molecule has 0 bridgehead atoms. The SMILES string of the molecule is C=CCN(c1ccc(C(=O)Nc2cc(C)ccc2C)cc1)S(=O)(=O)c1ccccc1. The molecule has 0 aliphatic rings. The Hall–Kier alpha value is -3.38. The Bertz CT molecular complexity index is 1150. The molecule has 5 nitrogen and oxygen atoms in total. The van der Waals surface area contributed by atoms with Crippen LogP contribution < -0.4 is 9.62 Å². The number of carbonyl (C=O) groups excluding carboxylic acids is 1. The van der Waals surface area contributed by atoms with Crippen LogP contribution in [0.2, 0.25) is 0 Å². The topological polar surface area (TPSA) is 66.5 Å². The molecule has 154 valence electrons. The van der Waals surface area contributed by atoms with Crippen molar-refractivity contribution in [2.45, 2.75) is 18.7 Å². The molecular formula is C24H24N2O3S. The van der Waals surface area contributed by atoms with E-state index in [-0.39, 0.29) is 17.3 Å². The van der Waals surface area contributed by atoms with Gasteiger partial charge in [-0.2, -0.15) is 0 Å². The summed E-state index contributed by atoms with van der Waals surface area (Å²) in [6.45, 7) is 7.68. The molecule has 0 saturated heterocycles. The molecule has 0 unspecified atom stereocenters. The Morgan fingerprint density at radius 1 is 1.00 bits per heavy atom. The number of aryl methyl sites for hydroxylation is 2. The largest absolute Gasteiger partial charge is 0.322 e. The molecule has 1 N–H and O–H groups in total. The van der Waals surface area contributed by atoms with E-state index in [0.29, 0.717) is 11.3 Å². The van der Waals surface area contributed by atoms with Gasteiger partial charge >= 0.3 is 0 Å². The summed E-state index contributed by atoms with van der Waals surface area (Å²) < 4.78 is 27.4. The van der Waals surface area contributed by atoms with Crippen LogP contribution in [0.3, 0.4) is 0 Å². The molecule has 0 saturated carbocycles. The number of carbonyl (C=O) groups is 1. The van der Waals surface area contributed by atoms with Gasteiger partial charge in [0, 0.05) is 11.3 Å². The zero-order valence-electron chi connectivity index (χ0n) is 17.0. The third-order valence-electron chi connectivity index (χ3n) is 4.68. The van der Waals surface area contributed by atoms with E-state index >= 15 is 0 Å². The van der Waals surface area contributed by atoms with Crippen molar-refractivity contribution in [2.75, 3.05) is 16.2 Å². The molecule has 3 aromatic carbocycles. The highest BCUT2D eigenvalue weighted by Gasteiger charge is 2.24. The molecule has 30 heavy (non-hydrogen) atoms. The van der Waals surface area contributed by atoms with Crippen LogP contribution in [0.5, 0.6) is 0 Å². The van der Waals surface area contributed by atoms with Crippen LogP contribution in [0, 0.1) is 13.8 Å². The number of rotatable bonds is 7. The summed E-state index contributed by atoms with van der Waals surface area (Å²) in [5.74, 6) is -0.253. The van der Waals surface area contributed by atoms with E-state index in [1.165, 1.54) is 10.4 Å². The lowest BCUT2D eigenvalue weighted by atomic mass is 10.1. The van der Waals surface area contributed by atoms with Crippen LogP contribution in [0.1, 0.15) is 21.5 Å². The quantitative estimate of drug-likeness (QED) is 0.551. The van der Waals surface area contributed by atoms with Crippen LogP contribution in [-0.4, -0.2) is 20.9 Å². The van der Waals surface area contributed by atoms with E-state index in [1.807, 2.05) is 32.0 Å². The molecule has 0 aliphatic carbocycles. The molecule has 3 aromatic rings. The summed E-state index contributed by atoms with van der Waals surface area (Å²) in [7, 11) is -3.75. The number of nitrogens with one attached hydrogen (secondary N) is 1. The summed E-state index contributed by atoms with van der Waals surface area (Å²) in [5, 5.41) is 2.91. The lowest BCUT2D eigenvalue weighted by molar-refractivity contribution is 0.102. The maximum atomic E-state index is 13.1. The molecule has 0 spiro atoms. The van der Waals surface area contributed by atoms with Crippen molar-refractivity contribution in [2.24, 2.45) is 0 Å². The number of anilines is 2. The van der Waals surface area contributed by atoms with Crippen molar-refractivity contribution in [3.05, 3.63) is 102 Å². The Morgan fingerprint density at radius 2 is 1.67 bits per heavy atom. The first kappa shape index (κ1) is 21.3. The molecule has 0 fully saturated rings. The molecule has 0 aromatic heterocycles. The first-order chi connectivity index (χ1) is 14.3. The smallest absolute Gasteiger partial charge is 0.264 e. The van der Waals surface area contributed by atoms with E-state index in [4.69, 9.17) is 0 Å². The Balaban J connectivity index is 1.86. The molecule has 3 rings (SSSR count). The second kappa shape index (κ2) is 8.97. The molecule has 0 heterocycles. The van der Waals surface area contributed by atoms with Crippen LogP contribution in [0.4, 0.5) is 11.4 Å². The summed E-state index contributed by atoms with van der Waals surface area (Å²) in [4.78, 5) is 12.8. The van der Waals surface area contributed by atoms with Crippen molar-refractivity contribution in [1.29, 1.82) is 0 Å². The van der Waals surface area contributed by atoms with Gasteiger partial charge in [0.25, 0.3) is 15.9 Å². The van der Waals surface area contributed by atoms with Gasteiger partial charge in [0.05, 0.1) is 17.1 Å². The fraction of sp³-hybridized carbons (Fsp3) is 0.125. The minimum Gasteiger partial charge on any atom is -0.322 e. The van der Waals surface area contributed by atoms with Gasteiger partial charge < -0.3 is 5.32 Å². The molecule has 0 radical (unpaired) electrons. The normalized spacial score (nSPS) is 11.0. The van der Waals surface area contributed by atoms with E-state index in [0.717, 1.165) is 16.8 Å². The lowest BCUT2D eigenvalue weighted by Crippen LogP contribution is -2.31. The van der Waals surface area contributed by atoms with E-state index < -0.39 is 10.0 Å². The minimum atomic E-state index is -3.75. The maximum absolute atomic E-state index is 13.1. The zero-order chi connectivity index (χ0) is 21.7. The number of benzene rings is 3. The standard InChI is InChI=1S/C24H24N2O3S/c1-4-16-26(30(28,29)22-8-6-5-7-9-22)21-14-12-20(13-15-21)24(27)25-23-17-18(2)10-11-19(23)3/h4-15,17H,1,16H2,2-3H3,(H,25,27). The minimum absolute atomic E-state index is 0.116. The summed E-state index contributed by atoms with van der Waals surface area (Å²) >= 11 is 0. The van der Waals surface area contributed by atoms with Gasteiger partial charge in [0.1, 0.15) is 0 Å². The average molecular weight is 421 g/mol. The van der Waals surface area contributed by atoms with Crippen molar-refractivity contribution < 1.29 is 13.2 Å². The lowest BCUT2D eigenvalue weighted by Gasteiger charge is -2.23. The van der Waals surface area contributed by atoms with Gasteiger partial charge in [-0.15, -0.1) is 6.58 Å². The number of hydrogen-bond donors (Lipinski definition) is 1. The van der Waals surface area contributed by atoms with Crippen molar-refractivity contribution >= 4 is 27.3 Å². The number of hydrogen-bond acceptors (Lipinski definition) is 3. The average Bonchev–Trinajstić information content (AvgIpc) is 2.75. The predicted octanol–water partition coefficient (Wildman–Crippen LogP) is 4.94. The summed E-state index contributed by atoms with van der Waals surface area (Å²) in [5.41, 5.74) is 3.68. The first-order valence-corrected chi connectivity index (χ1v) is 10.9. The van der Waals surface area contributed by atoms with Crippen LogP contribution >= 0.6 is 0 Å². The van der Waals surface area contributed by atoms with Crippen molar-refractivity contribution in [3.8, 4) is 0 Å². The van der Waals surface area contributed by atoms with Gasteiger partial charge in [-0.25, -0.2) is 8.42 Å². The van der Waals surface area contributed by atoms with Gasteiger partial charge in [-0.1, -0.05) is 36.4 Å². The van der Waals surface area contributed by atoms with E-state index in [2.05, 4.69) is 11.9 Å². The van der Waals surface area contributed by atoms with E-state index in [1.54, 1.807) is 54.6 Å². The first-order valence-electron chi connectivity index (χ1n) is 9.50. The second-order valence-corrected chi connectivity index (χ2v) is 8.82. The van der Waals surface area contributed by atoms with Crippen LogP contribution in [-0.2, 0) is 10.0 Å². The van der Waals surface area contributed by atoms with Crippen molar-refractivity contribution in [3.63, 3.8) is 0 Å². The third kappa shape index (κ3) is 4.60. The second-order valence-electron chi connectivity index (χ2n) is 6.96. The number of amides is 1. The number of sulfonamides is 1. The van der Waals surface area contributed by atoms with E-state index in [9.17, 15) is 13.2 Å². The Kier molecular flexibility index (Phi) is 6.37. The highest BCUT2D eigenvalue weighted by atomic mass is 32.2. The molecule has 6 heteroatoms. The summed E-state index contributed by atoms with van der Waals surface area (Å²) in [6, 6.07) is 20.6. The fourth-order valence-corrected chi connectivity index (χ4v) is 4.48. The third-order valence-corrected chi connectivity index (χ3v) is 6.49. The molecule has 0 aliphatic heterocycles. The highest BCUT2D eigenvalue weighted by molar-refractivity contribution is 7.92. The predicted molar refractivity (Wildman–Crippen MR) is 121 cm³/mol. The van der Waals surface area contributed by atoms with Crippen LogP contribution in [0.15, 0.2) is 90.3 Å². The maximum Gasteiger partial charge on any atom is 0.264 e. The van der Waals surface area contributed by atoms with Crippen LogP contribution in [0.25, 0.3) is 0 Å². The van der Waals surface area contributed by atoms with Gasteiger partial charge in [0.2, 0.25) is 0 Å². The van der Waals surface area contributed by atoms with Gasteiger partial charge in [-0.05, 0) is 67.4 Å². The zero-order valence-corrected chi connectivity index (χ0v) is 17.8. The van der Waals surface area contributed by atoms with Crippen molar-refractivity contribution in [1.82, 2.24) is 0 Å². The summed E-state index contributed by atoms with van der Waals surface area (Å²) in [6.07, 6.45) is 1.53.